The van der Waals surface area contributed by atoms with Crippen LogP contribution in [-0.2, 0) is 4.79 Å². The lowest BCUT2D eigenvalue weighted by Gasteiger charge is -2.19. The van der Waals surface area contributed by atoms with Crippen LogP contribution in [0.15, 0.2) is 77.7 Å². The van der Waals surface area contributed by atoms with Gasteiger partial charge in [-0.05, 0) is 70.0 Å². The molecule has 0 bridgehead atoms. The van der Waals surface area contributed by atoms with Crippen molar-refractivity contribution >= 4 is 34.8 Å². The number of aliphatic hydroxyl groups excluding tert-OH is 1. The lowest BCUT2D eigenvalue weighted by molar-refractivity contribution is -0.138. The number of rotatable bonds is 7. The Morgan fingerprint density at radius 1 is 0.974 bits per heavy atom. The van der Waals surface area contributed by atoms with Crippen LogP contribution in [-0.4, -0.2) is 32.6 Å². The summed E-state index contributed by atoms with van der Waals surface area (Å²) in [5.74, 6) is -0.813. The lowest BCUT2D eigenvalue weighted by atomic mass is 10.1. The van der Waals surface area contributed by atoms with E-state index in [0.717, 1.165) is 32.4 Å². The molecule has 4 rings (SSSR count). The molecule has 1 heterocycles. The maximum atomic E-state index is 11.3. The number of aliphatic hydroxyl groups is 1. The second-order valence-electron chi connectivity index (χ2n) is 8.89. The molecular weight excluding hydrogens is 512 g/mol. The van der Waals surface area contributed by atoms with Crippen LogP contribution in [0.3, 0.4) is 0 Å². The van der Waals surface area contributed by atoms with Crippen LogP contribution in [0.5, 0.6) is 0 Å². The molecule has 0 amide bonds. The third-order valence-electron chi connectivity index (χ3n) is 5.48. The van der Waals surface area contributed by atoms with Gasteiger partial charge in [-0.25, -0.2) is 4.98 Å². The van der Waals surface area contributed by atoms with E-state index in [0.29, 0.717) is 0 Å². The van der Waals surface area contributed by atoms with E-state index in [1.54, 1.807) is 25.2 Å². The first-order chi connectivity index (χ1) is 18.1. The Kier molecular flexibility index (Phi) is 12.0. The largest absolute Gasteiger partial charge is 0.480 e. The summed E-state index contributed by atoms with van der Waals surface area (Å²) in [5.41, 5.74) is 6.58. The molecule has 202 valence electrons. The number of aromatic nitrogens is 1. The highest BCUT2D eigenvalue weighted by molar-refractivity contribution is 8.01. The number of benzene rings is 3. The SMILES string of the molecule is CC.Cc1cc(SC(C)(C)C(=O)O)ccc1-c1nc(C)c(-c2ccccc2)s1.Cc1ccc(NCO)cc1. The number of carboxylic acid groups (broad SMARTS) is 1. The summed E-state index contributed by atoms with van der Waals surface area (Å²) in [6.45, 7) is 13.5. The predicted octanol–water partition coefficient (Wildman–Crippen LogP) is 8.43. The third-order valence-corrected chi connectivity index (χ3v) is 7.90. The van der Waals surface area contributed by atoms with E-state index in [1.807, 2.05) is 95.3 Å². The average Bonchev–Trinajstić information content (AvgIpc) is 3.28. The van der Waals surface area contributed by atoms with Gasteiger partial charge in [0.1, 0.15) is 16.5 Å². The molecule has 0 atom stereocenters. The van der Waals surface area contributed by atoms with Gasteiger partial charge in [0.2, 0.25) is 0 Å². The fourth-order valence-electron chi connectivity index (χ4n) is 3.41. The van der Waals surface area contributed by atoms with Crippen LogP contribution in [0, 0.1) is 20.8 Å². The quantitative estimate of drug-likeness (QED) is 0.158. The van der Waals surface area contributed by atoms with Crippen LogP contribution in [0.2, 0.25) is 0 Å². The molecule has 0 saturated heterocycles. The van der Waals surface area contributed by atoms with Gasteiger partial charge in [0.25, 0.3) is 0 Å². The normalized spacial score (nSPS) is 10.5. The van der Waals surface area contributed by atoms with Crippen LogP contribution in [0.4, 0.5) is 5.69 Å². The summed E-state index contributed by atoms with van der Waals surface area (Å²) in [7, 11) is 0. The van der Waals surface area contributed by atoms with Crippen molar-refractivity contribution in [2.24, 2.45) is 0 Å². The number of thioether (sulfide) groups is 1. The molecule has 3 N–H and O–H groups in total. The number of nitrogens with zero attached hydrogens (tertiary/aromatic N) is 1. The van der Waals surface area contributed by atoms with Crippen molar-refractivity contribution in [1.29, 1.82) is 0 Å². The highest BCUT2D eigenvalue weighted by atomic mass is 32.2. The van der Waals surface area contributed by atoms with Crippen molar-refractivity contribution in [1.82, 2.24) is 4.98 Å². The van der Waals surface area contributed by atoms with Crippen LogP contribution in [0.25, 0.3) is 21.0 Å². The number of carboxylic acids is 1. The number of thiazole rings is 1. The molecule has 0 aliphatic heterocycles. The number of anilines is 1. The maximum Gasteiger partial charge on any atom is 0.319 e. The van der Waals surface area contributed by atoms with Gasteiger partial charge in [-0.15, -0.1) is 23.1 Å². The molecule has 0 aliphatic rings. The monoisotopic (exact) mass is 550 g/mol. The fraction of sp³-hybridized carbons (Fsp3) is 0.290. The van der Waals surface area contributed by atoms with E-state index in [1.165, 1.54) is 27.8 Å². The summed E-state index contributed by atoms with van der Waals surface area (Å²) < 4.78 is -0.855. The van der Waals surface area contributed by atoms with E-state index in [9.17, 15) is 9.90 Å². The first-order valence-corrected chi connectivity index (χ1v) is 14.2. The van der Waals surface area contributed by atoms with Gasteiger partial charge in [0.15, 0.2) is 0 Å². The minimum Gasteiger partial charge on any atom is -0.480 e. The summed E-state index contributed by atoms with van der Waals surface area (Å²) in [6.07, 6.45) is 0. The Bertz CT molecular complexity index is 1300. The topological polar surface area (TPSA) is 82.5 Å². The van der Waals surface area contributed by atoms with Crippen LogP contribution in [0.1, 0.15) is 44.5 Å². The smallest absolute Gasteiger partial charge is 0.319 e. The molecule has 0 aliphatic carbocycles. The van der Waals surface area contributed by atoms with Crippen molar-refractivity contribution in [3.8, 4) is 21.0 Å². The first kappa shape index (κ1) is 31.1. The fourth-order valence-corrected chi connectivity index (χ4v) is 5.62. The highest BCUT2D eigenvalue weighted by Crippen LogP contribution is 2.39. The number of hydrogen-bond donors (Lipinski definition) is 3. The molecule has 0 fully saturated rings. The molecule has 1 aromatic heterocycles. The predicted molar refractivity (Wildman–Crippen MR) is 163 cm³/mol. The Balaban J connectivity index is 0.000000353. The Morgan fingerprint density at radius 2 is 1.61 bits per heavy atom. The van der Waals surface area contributed by atoms with E-state index in [-0.39, 0.29) is 6.73 Å². The summed E-state index contributed by atoms with van der Waals surface area (Å²) in [4.78, 5) is 18.3. The maximum absolute atomic E-state index is 11.3. The first-order valence-electron chi connectivity index (χ1n) is 12.6. The van der Waals surface area contributed by atoms with Gasteiger partial charge in [-0.3, -0.25) is 4.79 Å². The van der Waals surface area contributed by atoms with Crippen molar-refractivity contribution in [2.45, 2.75) is 58.1 Å². The molecule has 0 unspecified atom stereocenters. The average molecular weight is 551 g/mol. The van der Waals surface area contributed by atoms with Crippen LogP contribution < -0.4 is 5.32 Å². The third kappa shape index (κ3) is 8.72. The Hall–Kier alpha value is -3.13. The zero-order chi connectivity index (χ0) is 28.3. The highest BCUT2D eigenvalue weighted by Gasteiger charge is 2.28. The van der Waals surface area contributed by atoms with Crippen LogP contribution >= 0.6 is 23.1 Å². The molecular formula is C31H38N2O3S2. The number of aryl methyl sites for hydroxylation is 3. The number of nitrogens with one attached hydrogen (secondary N) is 1. The van der Waals surface area contributed by atoms with Gasteiger partial charge in [-0.1, -0.05) is 67.9 Å². The Morgan fingerprint density at radius 3 is 2.16 bits per heavy atom. The number of aliphatic carboxylic acids is 1. The molecule has 4 aromatic rings. The van der Waals surface area contributed by atoms with Gasteiger partial charge in [0.05, 0.1) is 10.6 Å². The number of hydrogen-bond acceptors (Lipinski definition) is 6. The molecule has 0 radical (unpaired) electrons. The van der Waals surface area contributed by atoms with E-state index in [4.69, 9.17) is 10.1 Å². The van der Waals surface area contributed by atoms with Gasteiger partial charge in [-0.2, -0.15) is 0 Å². The second-order valence-corrected chi connectivity index (χ2v) is 11.6. The van der Waals surface area contributed by atoms with E-state index < -0.39 is 10.7 Å². The molecule has 7 heteroatoms. The summed E-state index contributed by atoms with van der Waals surface area (Å²) in [5, 5.41) is 21.6. The minimum atomic E-state index is -0.855. The molecule has 0 spiro atoms. The molecule has 5 nitrogen and oxygen atoms in total. The van der Waals surface area contributed by atoms with Crippen molar-refractivity contribution < 1.29 is 15.0 Å². The van der Waals surface area contributed by atoms with Crippen molar-refractivity contribution in [3.05, 3.63) is 89.6 Å². The number of carbonyl (C=O) groups is 1. The van der Waals surface area contributed by atoms with Crippen molar-refractivity contribution in [2.75, 3.05) is 12.0 Å². The zero-order valence-corrected chi connectivity index (χ0v) is 24.8. The molecule has 0 saturated carbocycles. The van der Waals surface area contributed by atoms with Gasteiger partial charge >= 0.3 is 5.97 Å². The zero-order valence-electron chi connectivity index (χ0n) is 23.2. The van der Waals surface area contributed by atoms with Crippen molar-refractivity contribution in [3.63, 3.8) is 0 Å². The Labute approximate surface area is 235 Å². The summed E-state index contributed by atoms with van der Waals surface area (Å²) in [6, 6.07) is 24.2. The van der Waals surface area contributed by atoms with E-state index in [2.05, 4.69) is 17.4 Å². The standard InChI is InChI=1S/C21H21NO2S2.C8H11NO.C2H6/c1-13-12-16(26-21(3,4)20(23)24)10-11-17(13)19-22-14(2)18(25-19)15-8-6-5-7-9-15;1-7-2-4-8(5-3-7)9-6-10;1-2/h5-12H,1-4H3,(H,23,24);2-5,9-10H,6H2,1H3;1-2H3. The summed E-state index contributed by atoms with van der Waals surface area (Å²) >= 11 is 3.05. The second kappa shape index (κ2) is 14.7. The van der Waals surface area contributed by atoms with E-state index >= 15 is 0 Å². The lowest BCUT2D eigenvalue weighted by Crippen LogP contribution is -2.26. The minimum absolute atomic E-state index is 0.0109. The molecule has 38 heavy (non-hydrogen) atoms. The van der Waals surface area contributed by atoms with Gasteiger partial charge in [0, 0.05) is 16.1 Å². The molecule has 3 aromatic carbocycles. The van der Waals surface area contributed by atoms with Gasteiger partial charge < -0.3 is 15.5 Å².